The lowest BCUT2D eigenvalue weighted by atomic mass is 10.1. The Hall–Kier alpha value is -4.59. The number of hydrogen-bond donors (Lipinski definition) is 1. The third-order valence-corrected chi connectivity index (χ3v) is 5.94. The quantitative estimate of drug-likeness (QED) is 0.198. The monoisotopic (exact) mass is 501 g/mol. The number of anilines is 1. The number of alkyl halides is 3. The van der Waals surface area contributed by atoms with Gasteiger partial charge in [-0.1, -0.05) is 48.5 Å². The van der Waals surface area contributed by atoms with E-state index in [1.165, 1.54) is 0 Å². The van der Waals surface area contributed by atoms with E-state index in [9.17, 15) is 18.0 Å². The predicted octanol–water partition coefficient (Wildman–Crippen LogP) is 7.16. The molecule has 0 radical (unpaired) electrons. The van der Waals surface area contributed by atoms with Gasteiger partial charge in [-0.25, -0.2) is 9.78 Å². The van der Waals surface area contributed by atoms with Crippen molar-refractivity contribution >= 4 is 17.4 Å². The number of hydrogen-bond acceptors (Lipinski definition) is 4. The number of aryl methyl sites for hydroxylation is 1. The van der Waals surface area contributed by atoms with Gasteiger partial charge in [0.15, 0.2) is 0 Å². The molecule has 0 saturated carbocycles. The summed E-state index contributed by atoms with van der Waals surface area (Å²) in [6, 6.07) is 24.7. The summed E-state index contributed by atoms with van der Waals surface area (Å²) in [5, 5.41) is 3.46. The van der Waals surface area contributed by atoms with E-state index in [2.05, 4.69) is 5.32 Å². The van der Waals surface area contributed by atoms with Gasteiger partial charge in [0.2, 0.25) is 0 Å². The highest BCUT2D eigenvalue weighted by Gasteiger charge is 2.30. The van der Waals surface area contributed by atoms with Gasteiger partial charge in [-0.05, 0) is 60.5 Å². The molecule has 0 aliphatic rings. The first kappa shape index (κ1) is 24.1. The number of halogens is 3. The number of pyridine rings is 1. The molecule has 186 valence electrons. The summed E-state index contributed by atoms with van der Waals surface area (Å²) in [6.07, 6.45) is -2.58. The molecule has 0 saturated heterocycles. The molecule has 8 heteroatoms. The maximum Gasteiger partial charge on any atom is 0.416 e. The summed E-state index contributed by atoms with van der Waals surface area (Å²) in [6.45, 7) is 2.51. The molecule has 2 heterocycles. The average Bonchev–Trinajstić information content (AvgIpc) is 3.27. The lowest BCUT2D eigenvalue weighted by molar-refractivity contribution is -0.137. The van der Waals surface area contributed by atoms with Crippen LogP contribution in [0, 0.1) is 6.92 Å². The van der Waals surface area contributed by atoms with Gasteiger partial charge >= 0.3 is 12.1 Å². The molecule has 0 fully saturated rings. The summed E-state index contributed by atoms with van der Waals surface area (Å²) >= 11 is 0. The third kappa shape index (κ3) is 5.04. The second-order valence-corrected chi connectivity index (χ2v) is 8.49. The zero-order valence-electron chi connectivity index (χ0n) is 19.8. The minimum atomic E-state index is -4.49. The van der Waals surface area contributed by atoms with Crippen LogP contribution in [-0.4, -0.2) is 15.4 Å². The van der Waals surface area contributed by atoms with E-state index in [4.69, 9.17) is 9.72 Å². The highest BCUT2D eigenvalue weighted by molar-refractivity contribution is 5.92. The fourth-order valence-corrected chi connectivity index (χ4v) is 4.05. The molecule has 0 aliphatic carbocycles. The fraction of sp³-hybridized carbons (Fsp3) is 0.103. The largest absolute Gasteiger partial charge is 0.422 e. The smallest absolute Gasteiger partial charge is 0.416 e. The van der Waals surface area contributed by atoms with E-state index in [1.807, 2.05) is 66.1 Å². The number of nitrogens with zero attached hydrogens (tertiary/aromatic N) is 2. The molecule has 5 nitrogen and oxygen atoms in total. The Labute approximate surface area is 211 Å². The van der Waals surface area contributed by atoms with Crippen LogP contribution in [0.5, 0.6) is 5.75 Å². The number of carbonyl (C=O) groups excluding carboxylic acids is 1. The molecule has 5 rings (SSSR count). The second kappa shape index (κ2) is 9.81. The number of imidazole rings is 1. The van der Waals surface area contributed by atoms with Crippen LogP contribution in [0.25, 0.3) is 16.9 Å². The van der Waals surface area contributed by atoms with E-state index in [1.54, 1.807) is 18.2 Å². The fourth-order valence-electron chi connectivity index (χ4n) is 4.05. The van der Waals surface area contributed by atoms with Gasteiger partial charge in [0.05, 0.1) is 11.1 Å². The van der Waals surface area contributed by atoms with Crippen LogP contribution in [0.15, 0.2) is 97.2 Å². The normalized spacial score (nSPS) is 11.5. The van der Waals surface area contributed by atoms with Crippen LogP contribution in [-0.2, 0) is 12.7 Å². The molecular weight excluding hydrogens is 479 g/mol. The highest BCUT2D eigenvalue weighted by atomic mass is 19.4. The Morgan fingerprint density at radius 3 is 2.35 bits per heavy atom. The van der Waals surface area contributed by atoms with Gasteiger partial charge in [-0.15, -0.1) is 0 Å². The van der Waals surface area contributed by atoms with Gasteiger partial charge in [0.1, 0.15) is 22.9 Å². The Morgan fingerprint density at radius 2 is 1.62 bits per heavy atom. The summed E-state index contributed by atoms with van der Waals surface area (Å²) in [7, 11) is 0. The third-order valence-electron chi connectivity index (χ3n) is 5.94. The van der Waals surface area contributed by atoms with Crippen molar-refractivity contribution in [2.45, 2.75) is 19.6 Å². The molecule has 1 N–H and O–H groups in total. The van der Waals surface area contributed by atoms with E-state index >= 15 is 0 Å². The number of fused-ring (bicyclic) bond motifs is 1. The van der Waals surface area contributed by atoms with Crippen molar-refractivity contribution in [2.24, 2.45) is 0 Å². The average molecular weight is 502 g/mol. The number of aromatic nitrogens is 2. The molecule has 0 atom stereocenters. The number of esters is 1. The minimum Gasteiger partial charge on any atom is -0.422 e. The molecule has 2 aromatic heterocycles. The zero-order valence-corrected chi connectivity index (χ0v) is 19.8. The number of benzene rings is 3. The van der Waals surface area contributed by atoms with Crippen molar-refractivity contribution in [3.63, 3.8) is 0 Å². The minimum absolute atomic E-state index is 0.0103. The van der Waals surface area contributed by atoms with Crippen molar-refractivity contribution in [3.05, 3.63) is 119 Å². The van der Waals surface area contributed by atoms with E-state index in [-0.39, 0.29) is 11.3 Å². The number of ether oxygens (including phenoxy) is 1. The van der Waals surface area contributed by atoms with Crippen molar-refractivity contribution in [2.75, 3.05) is 5.32 Å². The summed E-state index contributed by atoms with van der Waals surface area (Å²) < 4.78 is 46.3. The summed E-state index contributed by atoms with van der Waals surface area (Å²) in [5.74, 6) is 0.205. The lowest BCUT2D eigenvalue weighted by Crippen LogP contribution is -2.11. The second-order valence-electron chi connectivity index (χ2n) is 8.49. The van der Waals surface area contributed by atoms with Crippen molar-refractivity contribution in [3.8, 4) is 17.0 Å². The van der Waals surface area contributed by atoms with Gasteiger partial charge in [0, 0.05) is 18.3 Å². The number of carbonyl (C=O) groups is 1. The van der Waals surface area contributed by atoms with Crippen LogP contribution in [0.3, 0.4) is 0 Å². The van der Waals surface area contributed by atoms with Crippen molar-refractivity contribution < 1.29 is 22.7 Å². The lowest BCUT2D eigenvalue weighted by Gasteiger charge is -2.12. The molecular formula is C29H22F3N3O2. The molecule has 0 aliphatic heterocycles. The Kier molecular flexibility index (Phi) is 6.40. The van der Waals surface area contributed by atoms with E-state index < -0.39 is 17.7 Å². The van der Waals surface area contributed by atoms with Crippen LogP contribution in [0.2, 0.25) is 0 Å². The van der Waals surface area contributed by atoms with Gasteiger partial charge in [-0.3, -0.25) is 4.40 Å². The van der Waals surface area contributed by atoms with Gasteiger partial charge < -0.3 is 10.1 Å². The number of para-hydroxylation sites is 1. The standard InChI is InChI=1S/C29H22F3N3O2/c1-19-8-7-17-35-26(19)34-25(27(35)33-18-20-9-3-2-4-10-20)23-11-5-6-12-24(23)37-28(36)21-13-15-22(16-14-21)29(30,31)32/h2-17,33H,18H2,1H3. The molecule has 0 amide bonds. The molecule has 5 aromatic rings. The summed E-state index contributed by atoms with van der Waals surface area (Å²) in [4.78, 5) is 17.7. The first-order chi connectivity index (χ1) is 17.8. The van der Waals surface area contributed by atoms with Crippen LogP contribution in [0.4, 0.5) is 19.0 Å². The Bertz CT molecular complexity index is 1560. The molecule has 37 heavy (non-hydrogen) atoms. The molecule has 0 spiro atoms. The van der Waals surface area contributed by atoms with E-state index in [0.717, 1.165) is 46.9 Å². The van der Waals surface area contributed by atoms with Crippen molar-refractivity contribution in [1.82, 2.24) is 9.38 Å². The topological polar surface area (TPSA) is 55.6 Å². The Balaban J connectivity index is 1.51. The van der Waals surface area contributed by atoms with Crippen LogP contribution >= 0.6 is 0 Å². The molecule has 3 aromatic carbocycles. The van der Waals surface area contributed by atoms with Gasteiger partial charge in [0.25, 0.3) is 0 Å². The maximum absolute atomic E-state index is 12.9. The highest BCUT2D eigenvalue weighted by Crippen LogP contribution is 2.36. The SMILES string of the molecule is Cc1cccn2c(NCc3ccccc3)c(-c3ccccc3OC(=O)c3ccc(C(F)(F)F)cc3)nc12. The van der Waals surface area contributed by atoms with Crippen LogP contribution in [0.1, 0.15) is 27.0 Å². The maximum atomic E-state index is 12.9. The van der Waals surface area contributed by atoms with Crippen LogP contribution < -0.4 is 10.1 Å². The Morgan fingerprint density at radius 1 is 0.919 bits per heavy atom. The molecule has 0 unspecified atom stereocenters. The van der Waals surface area contributed by atoms with Gasteiger partial charge in [-0.2, -0.15) is 13.2 Å². The summed E-state index contributed by atoms with van der Waals surface area (Å²) in [5.41, 5.74) is 3.13. The van der Waals surface area contributed by atoms with E-state index in [0.29, 0.717) is 17.8 Å². The first-order valence-electron chi connectivity index (χ1n) is 11.6. The molecule has 0 bridgehead atoms. The predicted molar refractivity (Wildman–Crippen MR) is 136 cm³/mol. The number of rotatable bonds is 6. The number of nitrogens with one attached hydrogen (secondary N) is 1. The first-order valence-corrected chi connectivity index (χ1v) is 11.6. The van der Waals surface area contributed by atoms with Crippen molar-refractivity contribution in [1.29, 1.82) is 0 Å². The zero-order chi connectivity index (χ0) is 26.0.